The van der Waals surface area contributed by atoms with Gasteiger partial charge in [-0.1, -0.05) is 111 Å². The van der Waals surface area contributed by atoms with Gasteiger partial charge in [0.2, 0.25) is 0 Å². The first-order valence-electron chi connectivity index (χ1n) is 30.4. The van der Waals surface area contributed by atoms with Crippen LogP contribution in [0.2, 0.25) is 0 Å². The van der Waals surface area contributed by atoms with E-state index in [1.807, 2.05) is 126 Å². The molecule has 3 rings (SSSR count). The highest BCUT2D eigenvalue weighted by Crippen LogP contribution is 2.40. The summed E-state index contributed by atoms with van der Waals surface area (Å²) in [6.07, 6.45) is 8.48. The van der Waals surface area contributed by atoms with Crippen LogP contribution in [0, 0.1) is 23.2 Å². The zero-order valence-electron chi connectivity index (χ0n) is 55.2. The third kappa shape index (κ3) is 32.9. The van der Waals surface area contributed by atoms with Gasteiger partial charge in [0.1, 0.15) is 34.9 Å². The van der Waals surface area contributed by atoms with Crippen molar-refractivity contribution in [1.29, 1.82) is 0 Å². The van der Waals surface area contributed by atoms with Gasteiger partial charge in [-0.15, -0.1) is 0 Å². The standard InChI is InChI=1S/C62H98O11.C4H6O.2C2H6/c1-47(2)57(63)73-61(12,13)51(44-69-53-28-19-17-20-29-53)43-68-50(5)48(3)27-23-25-39-65-49(4)36-41-66-55-32-34-56(35-33-55)67-42-38-59(8,9)71-40-26-24-37-58(6,7)62(14,15)72-46-52(60(10,11)64-16)45-70-54-30-21-18-22-31-54;1-4(2)3-5;2*1-2/h17-22,28-35,48-52H,1,23-27,36-46H2,2-16H3;3H,1H2,2H3;2*1-2H3. The number of carbonyl (C=O) groups is 2. The molecule has 3 aromatic carbocycles. The molecule has 468 valence electrons. The van der Waals surface area contributed by atoms with Gasteiger partial charge in [-0.05, 0) is 174 Å². The van der Waals surface area contributed by atoms with Crippen LogP contribution in [-0.4, -0.2) is 107 Å². The Labute approximate surface area is 500 Å². The zero-order chi connectivity index (χ0) is 62.4. The summed E-state index contributed by atoms with van der Waals surface area (Å²) in [5.41, 5.74) is -0.982. The molecule has 0 heterocycles. The first-order chi connectivity index (χ1) is 38.6. The number of hydrogen-bond donors (Lipinski definition) is 0. The van der Waals surface area contributed by atoms with E-state index in [0.29, 0.717) is 69.9 Å². The molecule has 0 radical (unpaired) electrons. The SMILES string of the molecule is C=C(C)C(=O)OC(C)(C)C(COc1ccccc1)COC(C)C(C)CCCCOC(C)CCOc1ccc(OCCC(C)(C)OCCCCC(C)(C)C(C)(C)OCC(COc2ccccc2)C(C)(C)OC)cc1.C=C(C)C=O.CC.CC. The van der Waals surface area contributed by atoms with Gasteiger partial charge in [0.15, 0.2) is 0 Å². The number of esters is 1. The maximum absolute atomic E-state index is 12.4. The molecule has 0 spiro atoms. The van der Waals surface area contributed by atoms with Gasteiger partial charge in [0.25, 0.3) is 0 Å². The third-order valence-corrected chi connectivity index (χ3v) is 15.2. The molecule has 0 aliphatic rings. The quantitative estimate of drug-likeness (QED) is 0.0233. The van der Waals surface area contributed by atoms with Crippen molar-refractivity contribution in [2.45, 2.75) is 218 Å². The number of benzene rings is 3. The first kappa shape index (κ1) is 77.3. The second-order valence-electron chi connectivity index (χ2n) is 23.9. The lowest BCUT2D eigenvalue weighted by Crippen LogP contribution is -2.46. The van der Waals surface area contributed by atoms with E-state index in [2.05, 4.69) is 89.3 Å². The Morgan fingerprint density at radius 1 is 0.537 bits per heavy atom. The molecule has 5 unspecified atom stereocenters. The molecule has 0 aromatic heterocycles. The van der Waals surface area contributed by atoms with Gasteiger partial charge in [-0.2, -0.15) is 0 Å². The van der Waals surface area contributed by atoms with Crippen LogP contribution in [0.25, 0.3) is 0 Å². The minimum atomic E-state index is -0.812. The smallest absolute Gasteiger partial charge is 0.333 e. The second kappa shape index (κ2) is 41.3. The highest BCUT2D eigenvalue weighted by atomic mass is 16.6. The topological polar surface area (TPSA) is 126 Å². The summed E-state index contributed by atoms with van der Waals surface area (Å²) in [5, 5.41) is 0. The predicted molar refractivity (Wildman–Crippen MR) is 339 cm³/mol. The molecule has 5 atom stereocenters. The second-order valence-corrected chi connectivity index (χ2v) is 23.9. The van der Waals surface area contributed by atoms with Gasteiger partial charge in [-0.3, -0.25) is 4.79 Å². The van der Waals surface area contributed by atoms with E-state index >= 15 is 0 Å². The first-order valence-corrected chi connectivity index (χ1v) is 30.4. The van der Waals surface area contributed by atoms with Gasteiger partial charge in [0.05, 0.1) is 74.6 Å². The van der Waals surface area contributed by atoms with E-state index in [1.165, 1.54) is 0 Å². The van der Waals surface area contributed by atoms with Crippen molar-refractivity contribution < 1.29 is 57.0 Å². The van der Waals surface area contributed by atoms with Crippen molar-refractivity contribution in [2.24, 2.45) is 23.2 Å². The highest BCUT2D eigenvalue weighted by Gasteiger charge is 2.40. The van der Waals surface area contributed by atoms with Crippen molar-refractivity contribution in [3.05, 3.63) is 109 Å². The molecule has 0 N–H and O–H groups in total. The summed E-state index contributed by atoms with van der Waals surface area (Å²) in [6.45, 7) is 50.4. The van der Waals surface area contributed by atoms with E-state index in [1.54, 1.807) is 21.0 Å². The fourth-order valence-electron chi connectivity index (χ4n) is 7.79. The number of para-hydroxylation sites is 2. The van der Waals surface area contributed by atoms with E-state index in [0.717, 1.165) is 80.7 Å². The Hall–Kier alpha value is -4.72. The molecule has 0 amide bonds. The van der Waals surface area contributed by atoms with Crippen LogP contribution in [-0.2, 0) is 38.0 Å². The summed E-state index contributed by atoms with van der Waals surface area (Å²) in [4.78, 5) is 21.9. The molecule has 82 heavy (non-hydrogen) atoms. The van der Waals surface area contributed by atoms with Gasteiger partial charge in [0, 0.05) is 44.7 Å². The van der Waals surface area contributed by atoms with E-state index in [4.69, 9.17) is 47.4 Å². The number of rotatable bonds is 40. The molecule has 0 fully saturated rings. The summed E-state index contributed by atoms with van der Waals surface area (Å²) in [5.74, 6) is 3.03. The molecule has 0 aliphatic carbocycles. The summed E-state index contributed by atoms with van der Waals surface area (Å²) in [6, 6.07) is 27.4. The van der Waals surface area contributed by atoms with Crippen LogP contribution in [0.15, 0.2) is 109 Å². The number of hydrogen-bond acceptors (Lipinski definition) is 12. The largest absolute Gasteiger partial charge is 0.493 e. The van der Waals surface area contributed by atoms with Gasteiger partial charge < -0.3 is 47.4 Å². The van der Waals surface area contributed by atoms with Gasteiger partial charge >= 0.3 is 5.97 Å². The number of carbonyl (C=O) groups excluding carboxylic acids is 2. The molecule has 3 aromatic rings. The minimum Gasteiger partial charge on any atom is -0.493 e. The monoisotopic (exact) mass is 1150 g/mol. The fraction of sp³-hybridized carbons (Fsp3) is 0.657. The molecule has 0 saturated carbocycles. The molecule has 0 aliphatic heterocycles. The summed E-state index contributed by atoms with van der Waals surface area (Å²) >= 11 is 0. The van der Waals surface area contributed by atoms with Crippen LogP contribution in [0.5, 0.6) is 23.0 Å². The number of allylic oxidation sites excluding steroid dienone is 1. The van der Waals surface area contributed by atoms with E-state index in [-0.39, 0.29) is 40.7 Å². The van der Waals surface area contributed by atoms with Crippen molar-refractivity contribution in [2.75, 3.05) is 60.0 Å². The minimum absolute atomic E-state index is 0.0227. The van der Waals surface area contributed by atoms with Crippen LogP contribution in [0.4, 0.5) is 0 Å². The zero-order valence-corrected chi connectivity index (χ0v) is 55.2. The fourth-order valence-corrected chi connectivity index (χ4v) is 7.79. The van der Waals surface area contributed by atoms with E-state index in [9.17, 15) is 9.59 Å². The number of ether oxygens (including phenoxy) is 10. The third-order valence-electron chi connectivity index (χ3n) is 15.2. The number of aldehydes is 1. The van der Waals surface area contributed by atoms with E-state index < -0.39 is 17.2 Å². The number of methoxy groups -OCH3 is 1. The van der Waals surface area contributed by atoms with Crippen molar-refractivity contribution in [3.8, 4) is 23.0 Å². The van der Waals surface area contributed by atoms with Crippen LogP contribution < -0.4 is 18.9 Å². The number of unbranched alkanes of at least 4 members (excludes halogenated alkanes) is 2. The predicted octanol–water partition coefficient (Wildman–Crippen LogP) is 17.2. The Morgan fingerprint density at radius 2 is 1.01 bits per heavy atom. The Bertz CT molecular complexity index is 2110. The Kier molecular flexibility index (Phi) is 38.9. The maximum atomic E-state index is 12.4. The molecule has 0 bridgehead atoms. The molecular formula is C70H116O12. The van der Waals surface area contributed by atoms with Crippen LogP contribution in [0.1, 0.15) is 183 Å². The lowest BCUT2D eigenvalue weighted by Gasteiger charge is -2.44. The lowest BCUT2D eigenvalue weighted by atomic mass is 9.73. The molecule has 0 saturated heterocycles. The Morgan fingerprint density at radius 3 is 1.50 bits per heavy atom. The molecule has 12 heteroatoms. The van der Waals surface area contributed by atoms with Crippen LogP contribution in [0.3, 0.4) is 0 Å². The highest BCUT2D eigenvalue weighted by molar-refractivity contribution is 5.87. The molecule has 12 nitrogen and oxygen atoms in total. The van der Waals surface area contributed by atoms with Crippen molar-refractivity contribution in [3.63, 3.8) is 0 Å². The van der Waals surface area contributed by atoms with Crippen molar-refractivity contribution >= 4 is 12.3 Å². The van der Waals surface area contributed by atoms with Gasteiger partial charge in [-0.25, -0.2) is 4.79 Å². The molecular weight excluding hydrogens is 1030 g/mol. The normalized spacial score (nSPS) is 13.6. The van der Waals surface area contributed by atoms with Crippen LogP contribution >= 0.6 is 0 Å². The maximum Gasteiger partial charge on any atom is 0.333 e. The average Bonchev–Trinajstić information content (AvgIpc) is 3.49. The summed E-state index contributed by atoms with van der Waals surface area (Å²) < 4.78 is 61.7. The average molecular weight is 1150 g/mol. The van der Waals surface area contributed by atoms with Crippen molar-refractivity contribution in [1.82, 2.24) is 0 Å². The lowest BCUT2D eigenvalue weighted by molar-refractivity contribution is -0.162. The summed E-state index contributed by atoms with van der Waals surface area (Å²) in [7, 11) is 1.75. The Balaban J connectivity index is 0.00000681.